The van der Waals surface area contributed by atoms with Crippen molar-refractivity contribution in [3.63, 3.8) is 0 Å². The highest BCUT2D eigenvalue weighted by molar-refractivity contribution is 5.87. The summed E-state index contributed by atoms with van der Waals surface area (Å²) in [5.41, 5.74) is 1.80. The number of aromatic nitrogens is 3. The molecule has 1 aliphatic heterocycles. The summed E-state index contributed by atoms with van der Waals surface area (Å²) in [6.45, 7) is 1.91. The standard InChI is InChI=1S/C18H18N4O3/c23-18(24)15-11-21-7-6-19-16(17(21)20-15)22-8-9-25-12-14(22)10-13-4-2-1-3-5-13/h1-7,11,14H,8-10,12H2,(H,23,24). The topological polar surface area (TPSA) is 80.0 Å². The molecule has 128 valence electrons. The number of aromatic carboxylic acids is 1. The van der Waals surface area contributed by atoms with E-state index in [0.29, 0.717) is 31.2 Å². The third kappa shape index (κ3) is 3.06. The molecule has 0 spiro atoms. The molecule has 1 atom stereocenters. The van der Waals surface area contributed by atoms with Gasteiger partial charge in [-0.1, -0.05) is 30.3 Å². The summed E-state index contributed by atoms with van der Waals surface area (Å²) < 4.78 is 7.38. The zero-order chi connectivity index (χ0) is 17.2. The second kappa shape index (κ2) is 6.52. The molecule has 1 saturated heterocycles. The molecule has 4 rings (SSSR count). The van der Waals surface area contributed by atoms with Crippen molar-refractivity contribution in [1.29, 1.82) is 0 Å². The van der Waals surface area contributed by atoms with Crippen LogP contribution in [-0.2, 0) is 11.2 Å². The number of carbonyl (C=O) groups is 1. The van der Waals surface area contributed by atoms with Crippen molar-refractivity contribution < 1.29 is 14.6 Å². The molecule has 0 saturated carbocycles. The zero-order valence-corrected chi connectivity index (χ0v) is 13.6. The monoisotopic (exact) mass is 338 g/mol. The first-order chi connectivity index (χ1) is 12.2. The zero-order valence-electron chi connectivity index (χ0n) is 13.6. The average Bonchev–Trinajstić information content (AvgIpc) is 3.08. The Labute approximate surface area is 144 Å². The largest absolute Gasteiger partial charge is 0.476 e. The Hall–Kier alpha value is -2.93. The first-order valence-corrected chi connectivity index (χ1v) is 8.17. The predicted octanol–water partition coefficient (Wildman–Crippen LogP) is 1.88. The van der Waals surface area contributed by atoms with Crippen molar-refractivity contribution in [2.45, 2.75) is 12.5 Å². The van der Waals surface area contributed by atoms with E-state index in [1.165, 1.54) is 11.8 Å². The molecule has 25 heavy (non-hydrogen) atoms. The number of fused-ring (bicyclic) bond motifs is 1. The number of carboxylic acid groups (broad SMARTS) is 1. The van der Waals surface area contributed by atoms with Gasteiger partial charge in [0.25, 0.3) is 0 Å². The van der Waals surface area contributed by atoms with Gasteiger partial charge in [0, 0.05) is 25.1 Å². The lowest BCUT2D eigenvalue weighted by Crippen LogP contribution is -2.47. The minimum atomic E-state index is -1.04. The Balaban J connectivity index is 1.70. The molecule has 1 fully saturated rings. The first kappa shape index (κ1) is 15.6. The molecule has 1 aliphatic rings. The molecule has 7 heteroatoms. The molecule has 0 amide bonds. The van der Waals surface area contributed by atoms with E-state index in [0.717, 1.165) is 6.42 Å². The summed E-state index contributed by atoms with van der Waals surface area (Å²) in [5, 5.41) is 9.20. The quantitative estimate of drug-likeness (QED) is 0.782. The maximum absolute atomic E-state index is 11.2. The Kier molecular flexibility index (Phi) is 4.07. The molecule has 1 aromatic carbocycles. The predicted molar refractivity (Wildman–Crippen MR) is 92.0 cm³/mol. The van der Waals surface area contributed by atoms with Crippen molar-refractivity contribution in [3.05, 3.63) is 60.2 Å². The Bertz CT molecular complexity index is 894. The Morgan fingerprint density at radius 1 is 1.32 bits per heavy atom. The van der Waals surface area contributed by atoms with Crippen molar-refractivity contribution in [3.8, 4) is 0 Å². The van der Waals surface area contributed by atoms with Gasteiger partial charge in [-0.25, -0.2) is 14.8 Å². The van der Waals surface area contributed by atoms with E-state index in [1.807, 2.05) is 18.2 Å². The molecule has 1 unspecified atom stereocenters. The fourth-order valence-corrected chi connectivity index (χ4v) is 3.20. The number of rotatable bonds is 4. The van der Waals surface area contributed by atoms with Gasteiger partial charge in [0.2, 0.25) is 0 Å². The fraction of sp³-hybridized carbons (Fsp3) is 0.278. The van der Waals surface area contributed by atoms with Crippen LogP contribution in [0.5, 0.6) is 0 Å². The van der Waals surface area contributed by atoms with E-state index in [-0.39, 0.29) is 11.7 Å². The molecular weight excluding hydrogens is 320 g/mol. The molecule has 7 nitrogen and oxygen atoms in total. The van der Waals surface area contributed by atoms with Gasteiger partial charge in [0.1, 0.15) is 0 Å². The highest BCUT2D eigenvalue weighted by Crippen LogP contribution is 2.24. The van der Waals surface area contributed by atoms with E-state index < -0.39 is 5.97 Å². The van der Waals surface area contributed by atoms with Crippen LogP contribution in [0.1, 0.15) is 16.1 Å². The third-order valence-corrected chi connectivity index (χ3v) is 4.39. The van der Waals surface area contributed by atoms with Gasteiger partial charge < -0.3 is 19.1 Å². The summed E-state index contributed by atoms with van der Waals surface area (Å²) in [5.74, 6) is -0.350. The second-order valence-corrected chi connectivity index (χ2v) is 6.02. The molecule has 1 N–H and O–H groups in total. The Morgan fingerprint density at radius 2 is 2.16 bits per heavy atom. The van der Waals surface area contributed by atoms with Gasteiger partial charge in [-0.2, -0.15) is 0 Å². The molecule has 0 radical (unpaired) electrons. The van der Waals surface area contributed by atoms with Crippen LogP contribution in [0.3, 0.4) is 0 Å². The summed E-state index contributed by atoms with van der Waals surface area (Å²) in [4.78, 5) is 22.1. The molecule has 0 bridgehead atoms. The number of carboxylic acids is 1. The van der Waals surface area contributed by atoms with Gasteiger partial charge in [-0.3, -0.25) is 0 Å². The average molecular weight is 338 g/mol. The van der Waals surface area contributed by atoms with Crippen LogP contribution in [-0.4, -0.2) is 51.2 Å². The highest BCUT2D eigenvalue weighted by atomic mass is 16.5. The summed E-state index contributed by atoms with van der Waals surface area (Å²) in [7, 11) is 0. The number of imidazole rings is 1. The number of ether oxygens (including phenoxy) is 1. The van der Waals surface area contributed by atoms with Crippen molar-refractivity contribution in [2.75, 3.05) is 24.7 Å². The Morgan fingerprint density at radius 3 is 2.96 bits per heavy atom. The molecule has 3 heterocycles. The van der Waals surface area contributed by atoms with Gasteiger partial charge in [-0.05, 0) is 12.0 Å². The lowest BCUT2D eigenvalue weighted by molar-refractivity contribution is 0.0691. The van der Waals surface area contributed by atoms with Crippen LogP contribution in [0.4, 0.5) is 5.82 Å². The van der Waals surface area contributed by atoms with Crippen LogP contribution in [0.2, 0.25) is 0 Å². The number of hydrogen-bond acceptors (Lipinski definition) is 5. The van der Waals surface area contributed by atoms with Crippen molar-refractivity contribution >= 4 is 17.4 Å². The highest BCUT2D eigenvalue weighted by Gasteiger charge is 2.27. The number of benzene rings is 1. The minimum absolute atomic E-state index is 0.0159. The number of hydrogen-bond donors (Lipinski definition) is 1. The lowest BCUT2D eigenvalue weighted by atomic mass is 10.0. The molecule has 3 aromatic rings. The maximum Gasteiger partial charge on any atom is 0.356 e. The third-order valence-electron chi connectivity index (χ3n) is 4.39. The van der Waals surface area contributed by atoms with E-state index in [9.17, 15) is 9.90 Å². The van der Waals surface area contributed by atoms with E-state index in [2.05, 4.69) is 27.0 Å². The lowest BCUT2D eigenvalue weighted by Gasteiger charge is -2.36. The fourth-order valence-electron chi connectivity index (χ4n) is 3.20. The van der Waals surface area contributed by atoms with Crippen LogP contribution < -0.4 is 4.90 Å². The maximum atomic E-state index is 11.2. The van der Waals surface area contributed by atoms with Crippen molar-refractivity contribution in [1.82, 2.24) is 14.4 Å². The van der Waals surface area contributed by atoms with E-state index in [4.69, 9.17) is 4.74 Å². The van der Waals surface area contributed by atoms with Crippen LogP contribution >= 0.6 is 0 Å². The van der Waals surface area contributed by atoms with E-state index in [1.54, 1.807) is 16.8 Å². The summed E-state index contributed by atoms with van der Waals surface area (Å²) in [6.07, 6.45) is 5.72. The smallest absolute Gasteiger partial charge is 0.356 e. The molecule has 2 aromatic heterocycles. The van der Waals surface area contributed by atoms with Crippen LogP contribution in [0.15, 0.2) is 48.9 Å². The summed E-state index contributed by atoms with van der Waals surface area (Å²) >= 11 is 0. The number of anilines is 1. The molecular formula is C18H18N4O3. The normalized spacial score (nSPS) is 17.8. The van der Waals surface area contributed by atoms with Crippen molar-refractivity contribution in [2.24, 2.45) is 0 Å². The number of nitrogens with zero attached hydrogens (tertiary/aromatic N) is 4. The SMILES string of the molecule is O=C(O)c1cn2ccnc(N3CCOCC3Cc3ccccc3)c2n1. The minimum Gasteiger partial charge on any atom is -0.476 e. The van der Waals surface area contributed by atoms with Crippen LogP contribution in [0, 0.1) is 0 Å². The van der Waals surface area contributed by atoms with Crippen LogP contribution in [0.25, 0.3) is 5.65 Å². The number of morpholine rings is 1. The molecule has 0 aliphatic carbocycles. The van der Waals surface area contributed by atoms with Gasteiger partial charge in [0.05, 0.1) is 19.3 Å². The van der Waals surface area contributed by atoms with Gasteiger partial charge >= 0.3 is 5.97 Å². The van der Waals surface area contributed by atoms with E-state index >= 15 is 0 Å². The first-order valence-electron chi connectivity index (χ1n) is 8.17. The van der Waals surface area contributed by atoms with Gasteiger partial charge in [0.15, 0.2) is 17.2 Å². The van der Waals surface area contributed by atoms with Gasteiger partial charge in [-0.15, -0.1) is 0 Å². The summed E-state index contributed by atoms with van der Waals surface area (Å²) in [6, 6.07) is 10.4. The second-order valence-electron chi connectivity index (χ2n) is 6.02.